The second-order valence-electron chi connectivity index (χ2n) is 5.15. The van der Waals surface area contributed by atoms with Crippen LogP contribution in [-0.4, -0.2) is 35.5 Å². The molecule has 0 spiro atoms. The highest BCUT2D eigenvalue weighted by Gasteiger charge is 2.23. The molecule has 0 saturated carbocycles. The maximum Gasteiger partial charge on any atom is 0.208 e. The molecule has 0 N–H and O–H groups in total. The van der Waals surface area contributed by atoms with Crippen LogP contribution < -0.4 is 29.1 Å². The molecule has 1 heterocycles. The van der Waals surface area contributed by atoms with Crippen LogP contribution in [0.25, 0.3) is 21.9 Å². The SMILES string of the molecule is COc1cc(OC)c2c(=O)c3c(OC)c(OC)cc(OC)c3oc2c1. The molecule has 3 rings (SSSR count). The van der Waals surface area contributed by atoms with E-state index >= 15 is 0 Å². The van der Waals surface area contributed by atoms with Crippen molar-refractivity contribution in [1.82, 2.24) is 0 Å². The highest BCUT2D eigenvalue weighted by Crippen LogP contribution is 2.42. The van der Waals surface area contributed by atoms with E-state index in [2.05, 4.69) is 0 Å². The first-order valence-electron chi connectivity index (χ1n) is 7.41. The summed E-state index contributed by atoms with van der Waals surface area (Å²) in [7, 11) is 7.42. The molecule has 0 saturated heterocycles. The van der Waals surface area contributed by atoms with Gasteiger partial charge in [-0.25, -0.2) is 0 Å². The van der Waals surface area contributed by atoms with Crippen LogP contribution in [0.1, 0.15) is 0 Å². The average molecular weight is 346 g/mol. The fraction of sp³-hybridized carbons (Fsp3) is 0.278. The van der Waals surface area contributed by atoms with Crippen molar-refractivity contribution in [2.75, 3.05) is 35.5 Å². The van der Waals surface area contributed by atoms with E-state index in [1.54, 1.807) is 18.2 Å². The molecule has 25 heavy (non-hydrogen) atoms. The molecule has 0 amide bonds. The van der Waals surface area contributed by atoms with Gasteiger partial charge in [-0.1, -0.05) is 0 Å². The Morgan fingerprint density at radius 2 is 1.40 bits per heavy atom. The van der Waals surface area contributed by atoms with Gasteiger partial charge < -0.3 is 28.1 Å². The zero-order chi connectivity index (χ0) is 18.1. The number of rotatable bonds is 5. The van der Waals surface area contributed by atoms with E-state index in [1.165, 1.54) is 35.5 Å². The molecule has 132 valence electrons. The summed E-state index contributed by atoms with van der Waals surface area (Å²) >= 11 is 0. The van der Waals surface area contributed by atoms with Gasteiger partial charge in [0.2, 0.25) is 5.43 Å². The first-order valence-corrected chi connectivity index (χ1v) is 7.41. The lowest BCUT2D eigenvalue weighted by atomic mass is 10.1. The van der Waals surface area contributed by atoms with Crippen LogP contribution in [0.3, 0.4) is 0 Å². The van der Waals surface area contributed by atoms with Crippen molar-refractivity contribution < 1.29 is 28.1 Å². The van der Waals surface area contributed by atoms with Crippen LogP contribution in [0, 0.1) is 0 Å². The molecular weight excluding hydrogens is 328 g/mol. The van der Waals surface area contributed by atoms with Gasteiger partial charge in [-0.05, 0) is 0 Å². The Hall–Kier alpha value is -3.09. The standard InChI is InChI=1S/C18H18O7/c1-20-9-6-10(21-2)14-11(7-9)25-18-13(23-4)8-12(22-3)17(24-5)15(18)16(14)19/h6-8H,1-5H3. The quantitative estimate of drug-likeness (QED) is 0.657. The van der Waals surface area contributed by atoms with Gasteiger partial charge in [0.1, 0.15) is 27.9 Å². The van der Waals surface area contributed by atoms with Crippen molar-refractivity contribution in [1.29, 1.82) is 0 Å². The Labute approximate surface area is 143 Å². The van der Waals surface area contributed by atoms with Crippen molar-refractivity contribution in [3.05, 3.63) is 28.4 Å². The molecule has 3 aromatic rings. The molecule has 0 atom stereocenters. The molecule has 7 heteroatoms. The van der Waals surface area contributed by atoms with Gasteiger partial charge in [0, 0.05) is 18.2 Å². The number of hydrogen-bond acceptors (Lipinski definition) is 7. The monoisotopic (exact) mass is 346 g/mol. The Balaban J connectivity index is 2.59. The third-order valence-electron chi connectivity index (χ3n) is 3.97. The van der Waals surface area contributed by atoms with E-state index in [-0.39, 0.29) is 27.5 Å². The third-order valence-corrected chi connectivity index (χ3v) is 3.97. The minimum absolute atomic E-state index is 0.217. The predicted molar refractivity (Wildman–Crippen MR) is 92.8 cm³/mol. The summed E-state index contributed by atoms with van der Waals surface area (Å²) in [5.74, 6) is 1.84. The molecule has 0 radical (unpaired) electrons. The lowest BCUT2D eigenvalue weighted by Gasteiger charge is -2.14. The maximum absolute atomic E-state index is 13.2. The molecule has 0 aliphatic heterocycles. The Morgan fingerprint density at radius 1 is 0.720 bits per heavy atom. The maximum atomic E-state index is 13.2. The highest BCUT2D eigenvalue weighted by atomic mass is 16.5. The first kappa shape index (κ1) is 16.8. The van der Waals surface area contributed by atoms with Gasteiger partial charge in [0.15, 0.2) is 22.8 Å². The number of methoxy groups -OCH3 is 5. The summed E-state index contributed by atoms with van der Waals surface area (Å²) < 4.78 is 32.6. The average Bonchev–Trinajstić information content (AvgIpc) is 2.65. The topological polar surface area (TPSA) is 76.4 Å². The molecule has 1 aromatic heterocycles. The van der Waals surface area contributed by atoms with Crippen molar-refractivity contribution >= 4 is 21.9 Å². The van der Waals surface area contributed by atoms with Crippen molar-refractivity contribution in [3.8, 4) is 28.7 Å². The van der Waals surface area contributed by atoms with Crippen LogP contribution >= 0.6 is 0 Å². The van der Waals surface area contributed by atoms with E-state index in [9.17, 15) is 4.79 Å². The van der Waals surface area contributed by atoms with Gasteiger partial charge in [0.05, 0.1) is 35.5 Å². The number of hydrogen-bond donors (Lipinski definition) is 0. The van der Waals surface area contributed by atoms with Crippen molar-refractivity contribution in [2.45, 2.75) is 0 Å². The molecule has 0 fully saturated rings. The zero-order valence-electron chi connectivity index (χ0n) is 14.6. The van der Waals surface area contributed by atoms with Crippen LogP contribution in [0.5, 0.6) is 28.7 Å². The van der Waals surface area contributed by atoms with E-state index < -0.39 is 0 Å². The first-order chi connectivity index (χ1) is 12.1. The molecule has 7 nitrogen and oxygen atoms in total. The second-order valence-corrected chi connectivity index (χ2v) is 5.15. The summed E-state index contributed by atoms with van der Waals surface area (Å²) in [6, 6.07) is 4.84. The largest absolute Gasteiger partial charge is 0.496 e. The molecule has 0 unspecified atom stereocenters. The Morgan fingerprint density at radius 3 is 1.96 bits per heavy atom. The highest BCUT2D eigenvalue weighted by molar-refractivity contribution is 6.00. The summed E-state index contributed by atoms with van der Waals surface area (Å²) in [6.07, 6.45) is 0. The van der Waals surface area contributed by atoms with Gasteiger partial charge in [0.25, 0.3) is 0 Å². The predicted octanol–water partition coefficient (Wildman–Crippen LogP) is 2.99. The lowest BCUT2D eigenvalue weighted by molar-refractivity contribution is 0.351. The zero-order valence-corrected chi connectivity index (χ0v) is 14.6. The van der Waals surface area contributed by atoms with Gasteiger partial charge >= 0.3 is 0 Å². The number of benzene rings is 2. The van der Waals surface area contributed by atoms with Crippen molar-refractivity contribution in [3.63, 3.8) is 0 Å². The van der Waals surface area contributed by atoms with Crippen LogP contribution in [-0.2, 0) is 0 Å². The van der Waals surface area contributed by atoms with E-state index in [0.717, 1.165) is 0 Å². The van der Waals surface area contributed by atoms with Gasteiger partial charge in [-0.3, -0.25) is 4.79 Å². The number of ether oxygens (including phenoxy) is 5. The van der Waals surface area contributed by atoms with E-state index in [1.807, 2.05) is 0 Å². The van der Waals surface area contributed by atoms with Crippen LogP contribution in [0.2, 0.25) is 0 Å². The van der Waals surface area contributed by atoms with E-state index in [0.29, 0.717) is 28.6 Å². The lowest BCUT2D eigenvalue weighted by Crippen LogP contribution is -2.08. The van der Waals surface area contributed by atoms with Crippen LogP contribution in [0.15, 0.2) is 27.4 Å². The summed E-state index contributed by atoms with van der Waals surface area (Å²) in [4.78, 5) is 13.2. The second kappa shape index (κ2) is 6.43. The fourth-order valence-corrected chi connectivity index (χ4v) is 2.80. The van der Waals surface area contributed by atoms with Gasteiger partial charge in [-0.15, -0.1) is 0 Å². The minimum atomic E-state index is -0.315. The van der Waals surface area contributed by atoms with E-state index in [4.69, 9.17) is 28.1 Å². The molecule has 2 aromatic carbocycles. The number of fused-ring (bicyclic) bond motifs is 2. The molecule has 0 aliphatic carbocycles. The summed E-state index contributed by atoms with van der Waals surface area (Å²) in [5.41, 5.74) is 0.261. The van der Waals surface area contributed by atoms with Crippen LogP contribution in [0.4, 0.5) is 0 Å². The molecule has 0 aliphatic rings. The Bertz CT molecular complexity index is 1000. The Kier molecular flexibility index (Phi) is 4.31. The van der Waals surface area contributed by atoms with Gasteiger partial charge in [-0.2, -0.15) is 0 Å². The smallest absolute Gasteiger partial charge is 0.208 e. The summed E-state index contributed by atoms with van der Waals surface area (Å²) in [6.45, 7) is 0. The normalized spacial score (nSPS) is 10.8. The van der Waals surface area contributed by atoms with Crippen molar-refractivity contribution in [2.24, 2.45) is 0 Å². The minimum Gasteiger partial charge on any atom is -0.496 e. The third kappa shape index (κ3) is 2.48. The molecule has 0 bridgehead atoms. The molecular formula is C18H18O7. The fourth-order valence-electron chi connectivity index (χ4n) is 2.80. The summed E-state index contributed by atoms with van der Waals surface area (Å²) in [5, 5.41) is 0.499.